The number of hydrogen-bond acceptors (Lipinski definition) is 3. The predicted molar refractivity (Wildman–Crippen MR) is 109 cm³/mol. The second-order valence-corrected chi connectivity index (χ2v) is 6.33. The molecule has 2 aromatic rings. The molecule has 27 heavy (non-hydrogen) atoms. The monoisotopic (exact) mass is 368 g/mol. The zero-order valence-corrected chi connectivity index (χ0v) is 16.3. The average Bonchev–Trinajstić information content (AvgIpc) is 2.68. The summed E-state index contributed by atoms with van der Waals surface area (Å²) < 4.78 is 5.58. The molecule has 0 fully saturated rings. The molecular formula is C22H28N2O3. The molecule has 5 heteroatoms. The third-order valence-corrected chi connectivity index (χ3v) is 4.21. The van der Waals surface area contributed by atoms with Crippen molar-refractivity contribution in [1.82, 2.24) is 0 Å². The molecule has 0 aromatic heterocycles. The first kappa shape index (κ1) is 20.5. The van der Waals surface area contributed by atoms with Crippen molar-refractivity contribution in [2.24, 2.45) is 0 Å². The molecule has 0 aliphatic rings. The van der Waals surface area contributed by atoms with Crippen LogP contribution in [0.25, 0.3) is 0 Å². The van der Waals surface area contributed by atoms with E-state index in [1.54, 1.807) is 6.07 Å². The van der Waals surface area contributed by atoms with E-state index in [4.69, 9.17) is 4.74 Å². The lowest BCUT2D eigenvalue weighted by Gasteiger charge is -2.13. The lowest BCUT2D eigenvalue weighted by atomic mass is 10.1. The van der Waals surface area contributed by atoms with Crippen LogP contribution in [-0.4, -0.2) is 18.4 Å². The van der Waals surface area contributed by atoms with E-state index in [9.17, 15) is 9.59 Å². The molecule has 2 aromatic carbocycles. The van der Waals surface area contributed by atoms with Gasteiger partial charge in [-0.25, -0.2) is 0 Å². The highest BCUT2D eigenvalue weighted by molar-refractivity contribution is 6.43. The van der Waals surface area contributed by atoms with Crippen LogP contribution in [0.3, 0.4) is 0 Å². The minimum absolute atomic E-state index is 0.479. The van der Waals surface area contributed by atoms with Gasteiger partial charge in [0.15, 0.2) is 0 Å². The zero-order chi connectivity index (χ0) is 19.6. The van der Waals surface area contributed by atoms with Crippen LogP contribution in [0.5, 0.6) is 5.75 Å². The van der Waals surface area contributed by atoms with Crippen LogP contribution >= 0.6 is 0 Å². The fourth-order valence-corrected chi connectivity index (χ4v) is 2.73. The number of anilines is 2. The van der Waals surface area contributed by atoms with Crippen LogP contribution in [0.15, 0.2) is 42.5 Å². The van der Waals surface area contributed by atoms with Gasteiger partial charge in [-0.3, -0.25) is 9.59 Å². The van der Waals surface area contributed by atoms with Crippen molar-refractivity contribution in [3.05, 3.63) is 53.6 Å². The summed E-state index contributed by atoms with van der Waals surface area (Å²) in [6, 6.07) is 13.2. The minimum Gasteiger partial charge on any atom is -0.492 e. The molecule has 0 atom stereocenters. The Kier molecular flexibility index (Phi) is 7.86. The predicted octanol–water partition coefficient (Wildman–Crippen LogP) is 4.57. The number of aryl methyl sites for hydroxylation is 2. The Labute approximate surface area is 161 Å². The van der Waals surface area contributed by atoms with Gasteiger partial charge in [-0.2, -0.15) is 0 Å². The number of unbranched alkanes of at least 4 members (excludes halogenated alkanes) is 1. The topological polar surface area (TPSA) is 67.4 Å². The summed E-state index contributed by atoms with van der Waals surface area (Å²) in [7, 11) is 0. The van der Waals surface area contributed by atoms with E-state index >= 15 is 0 Å². The molecule has 144 valence electrons. The summed E-state index contributed by atoms with van der Waals surface area (Å²) in [5, 5.41) is 5.33. The number of amides is 2. The lowest BCUT2D eigenvalue weighted by Crippen LogP contribution is -2.29. The quantitative estimate of drug-likeness (QED) is 0.671. The first-order valence-electron chi connectivity index (χ1n) is 9.54. The Morgan fingerprint density at radius 2 is 1.70 bits per heavy atom. The Bertz CT molecular complexity index is 787. The first-order chi connectivity index (χ1) is 13.1. The van der Waals surface area contributed by atoms with Gasteiger partial charge in [-0.05, 0) is 61.6 Å². The van der Waals surface area contributed by atoms with Gasteiger partial charge < -0.3 is 15.4 Å². The molecule has 0 heterocycles. The largest absolute Gasteiger partial charge is 0.492 e. The van der Waals surface area contributed by atoms with Crippen molar-refractivity contribution < 1.29 is 14.3 Å². The summed E-state index contributed by atoms with van der Waals surface area (Å²) in [6.07, 6.45) is 3.93. The number of benzene rings is 2. The van der Waals surface area contributed by atoms with Crippen LogP contribution in [0.4, 0.5) is 11.4 Å². The van der Waals surface area contributed by atoms with Gasteiger partial charge in [-0.1, -0.05) is 38.5 Å². The second kappa shape index (κ2) is 10.4. The molecule has 0 unspecified atom stereocenters. The number of ether oxygens (including phenoxy) is 1. The second-order valence-electron chi connectivity index (χ2n) is 6.33. The average molecular weight is 368 g/mol. The maximum atomic E-state index is 12.4. The van der Waals surface area contributed by atoms with Crippen molar-refractivity contribution in [3.63, 3.8) is 0 Å². The summed E-state index contributed by atoms with van der Waals surface area (Å²) in [5.41, 5.74) is 3.33. The van der Waals surface area contributed by atoms with Crippen LogP contribution in [0.1, 0.15) is 44.7 Å². The fourth-order valence-electron chi connectivity index (χ4n) is 2.73. The zero-order valence-electron chi connectivity index (χ0n) is 16.3. The molecule has 2 amide bonds. The SMILES string of the molecule is CCCCc1ccc(OCC)c(NC(=O)C(=O)Nc2cccc(CC)c2)c1. The molecule has 5 nitrogen and oxygen atoms in total. The standard InChI is InChI=1S/C22H28N2O3/c1-4-7-9-17-12-13-20(27-6-3)19(15-17)24-22(26)21(25)23-18-11-8-10-16(5-2)14-18/h8,10-15H,4-7,9H2,1-3H3,(H,23,25)(H,24,26). The Morgan fingerprint density at radius 3 is 2.41 bits per heavy atom. The van der Waals surface area contributed by atoms with Crippen LogP contribution in [0, 0.1) is 0 Å². The van der Waals surface area contributed by atoms with Crippen LogP contribution < -0.4 is 15.4 Å². The van der Waals surface area contributed by atoms with E-state index in [-0.39, 0.29) is 0 Å². The Morgan fingerprint density at radius 1 is 0.926 bits per heavy atom. The highest BCUT2D eigenvalue weighted by Gasteiger charge is 2.17. The fraction of sp³-hybridized carbons (Fsp3) is 0.364. The molecule has 2 rings (SSSR count). The Balaban J connectivity index is 2.10. The van der Waals surface area contributed by atoms with Crippen molar-refractivity contribution in [2.45, 2.75) is 46.5 Å². The van der Waals surface area contributed by atoms with Crippen molar-refractivity contribution in [2.75, 3.05) is 17.2 Å². The van der Waals surface area contributed by atoms with Crippen molar-refractivity contribution in [3.8, 4) is 5.75 Å². The molecule has 0 saturated heterocycles. The summed E-state index contributed by atoms with van der Waals surface area (Å²) in [6.45, 7) is 6.53. The number of rotatable bonds is 8. The first-order valence-corrected chi connectivity index (χ1v) is 9.54. The van der Waals surface area contributed by atoms with E-state index in [1.807, 2.05) is 50.2 Å². The maximum Gasteiger partial charge on any atom is 0.314 e. The summed E-state index contributed by atoms with van der Waals surface area (Å²) >= 11 is 0. The van der Waals surface area contributed by atoms with E-state index in [0.717, 1.165) is 36.8 Å². The van der Waals surface area contributed by atoms with Crippen molar-refractivity contribution in [1.29, 1.82) is 0 Å². The van der Waals surface area contributed by atoms with Gasteiger partial charge in [0.2, 0.25) is 0 Å². The maximum absolute atomic E-state index is 12.4. The summed E-state index contributed by atoms with van der Waals surface area (Å²) in [5.74, 6) is -0.859. The molecule has 0 aliphatic heterocycles. The molecule has 2 N–H and O–H groups in total. The Hall–Kier alpha value is -2.82. The summed E-state index contributed by atoms with van der Waals surface area (Å²) in [4.78, 5) is 24.7. The molecule has 0 radical (unpaired) electrons. The molecule has 0 saturated carbocycles. The highest BCUT2D eigenvalue weighted by Crippen LogP contribution is 2.27. The molecule has 0 spiro atoms. The smallest absolute Gasteiger partial charge is 0.314 e. The van der Waals surface area contributed by atoms with E-state index < -0.39 is 11.8 Å². The van der Waals surface area contributed by atoms with Gasteiger partial charge in [0.05, 0.1) is 12.3 Å². The van der Waals surface area contributed by atoms with E-state index in [0.29, 0.717) is 23.7 Å². The highest BCUT2D eigenvalue weighted by atomic mass is 16.5. The lowest BCUT2D eigenvalue weighted by molar-refractivity contribution is -0.133. The molecular weight excluding hydrogens is 340 g/mol. The number of carbonyl (C=O) groups excluding carboxylic acids is 2. The number of nitrogens with one attached hydrogen (secondary N) is 2. The van der Waals surface area contributed by atoms with Crippen LogP contribution in [0.2, 0.25) is 0 Å². The van der Waals surface area contributed by atoms with Gasteiger partial charge in [0, 0.05) is 5.69 Å². The van der Waals surface area contributed by atoms with E-state index in [2.05, 4.69) is 17.6 Å². The van der Waals surface area contributed by atoms with Gasteiger partial charge in [0.25, 0.3) is 0 Å². The molecule has 0 bridgehead atoms. The third kappa shape index (κ3) is 6.13. The van der Waals surface area contributed by atoms with Gasteiger partial charge in [-0.15, -0.1) is 0 Å². The normalized spacial score (nSPS) is 10.3. The van der Waals surface area contributed by atoms with Crippen molar-refractivity contribution >= 4 is 23.2 Å². The van der Waals surface area contributed by atoms with Crippen LogP contribution in [-0.2, 0) is 22.4 Å². The van der Waals surface area contributed by atoms with Gasteiger partial charge >= 0.3 is 11.8 Å². The minimum atomic E-state index is -0.717. The number of hydrogen-bond donors (Lipinski definition) is 2. The molecule has 0 aliphatic carbocycles. The van der Waals surface area contributed by atoms with E-state index in [1.165, 1.54) is 0 Å². The number of carbonyl (C=O) groups is 2. The third-order valence-electron chi connectivity index (χ3n) is 4.21. The van der Waals surface area contributed by atoms with Gasteiger partial charge in [0.1, 0.15) is 5.75 Å².